The largest absolute Gasteiger partial charge is 0.496 e. The fourth-order valence-corrected chi connectivity index (χ4v) is 3.14. The van der Waals surface area contributed by atoms with Gasteiger partial charge in [-0.1, -0.05) is 0 Å². The molecule has 4 rings (SSSR count). The minimum Gasteiger partial charge on any atom is -0.496 e. The molecule has 3 heterocycles. The Hall–Kier alpha value is -3.15. The maximum absolute atomic E-state index is 12.5. The summed E-state index contributed by atoms with van der Waals surface area (Å²) >= 11 is 0. The SMILES string of the molecule is COc1cc2c(cc1C)N/C(=C\C(=O)c1cccnc1)N1CCN=C21. The number of hydrogen-bond acceptors (Lipinski definition) is 6. The number of anilines is 1. The lowest BCUT2D eigenvalue weighted by Crippen LogP contribution is -2.36. The molecule has 2 aliphatic rings. The van der Waals surface area contributed by atoms with E-state index >= 15 is 0 Å². The second-order valence-corrected chi connectivity index (χ2v) is 5.98. The molecule has 126 valence electrons. The Kier molecular flexibility index (Phi) is 3.72. The van der Waals surface area contributed by atoms with Gasteiger partial charge in [-0.2, -0.15) is 0 Å². The first-order chi connectivity index (χ1) is 12.2. The van der Waals surface area contributed by atoms with Crippen LogP contribution in [-0.4, -0.2) is 41.7 Å². The number of allylic oxidation sites excluding steroid dienone is 1. The van der Waals surface area contributed by atoms with E-state index in [-0.39, 0.29) is 5.78 Å². The number of methoxy groups -OCH3 is 1. The van der Waals surface area contributed by atoms with Gasteiger partial charge in [0, 0.05) is 36.1 Å². The predicted octanol–water partition coefficient (Wildman–Crippen LogP) is 2.61. The number of amidine groups is 1. The van der Waals surface area contributed by atoms with Gasteiger partial charge in [-0.3, -0.25) is 14.8 Å². The van der Waals surface area contributed by atoms with E-state index in [1.807, 2.05) is 24.0 Å². The molecule has 0 bridgehead atoms. The maximum Gasteiger partial charge on any atom is 0.191 e. The standard InChI is InChI=1S/C19H18N4O2/c1-12-8-15-14(9-17(12)25-2)19-21-6-7-23(19)18(22-15)10-16(24)13-4-3-5-20-11-13/h3-5,8-11,22H,6-7H2,1-2H3/b18-10+. The van der Waals surface area contributed by atoms with E-state index in [0.717, 1.165) is 40.8 Å². The van der Waals surface area contributed by atoms with Crippen LogP contribution < -0.4 is 10.1 Å². The van der Waals surface area contributed by atoms with Crippen LogP contribution in [0.15, 0.2) is 53.5 Å². The molecule has 1 aromatic carbocycles. The first kappa shape index (κ1) is 15.4. The minimum absolute atomic E-state index is 0.0875. The molecular weight excluding hydrogens is 316 g/mol. The average molecular weight is 334 g/mol. The summed E-state index contributed by atoms with van der Waals surface area (Å²) in [6, 6.07) is 7.54. The van der Waals surface area contributed by atoms with E-state index in [9.17, 15) is 4.79 Å². The summed E-state index contributed by atoms with van der Waals surface area (Å²) in [5.41, 5.74) is 3.51. The Balaban J connectivity index is 1.75. The van der Waals surface area contributed by atoms with Crippen molar-refractivity contribution in [2.75, 3.05) is 25.5 Å². The molecule has 6 nitrogen and oxygen atoms in total. The van der Waals surface area contributed by atoms with Crippen molar-refractivity contribution in [1.29, 1.82) is 0 Å². The average Bonchev–Trinajstić information content (AvgIpc) is 3.12. The summed E-state index contributed by atoms with van der Waals surface area (Å²) in [6.45, 7) is 3.43. The second kappa shape index (κ2) is 6.05. The highest BCUT2D eigenvalue weighted by molar-refractivity contribution is 6.10. The van der Waals surface area contributed by atoms with E-state index in [1.165, 1.54) is 0 Å². The van der Waals surface area contributed by atoms with Crippen LogP contribution in [0, 0.1) is 6.92 Å². The van der Waals surface area contributed by atoms with Crippen molar-refractivity contribution in [3.8, 4) is 5.75 Å². The van der Waals surface area contributed by atoms with Crippen molar-refractivity contribution < 1.29 is 9.53 Å². The van der Waals surface area contributed by atoms with Gasteiger partial charge >= 0.3 is 0 Å². The van der Waals surface area contributed by atoms with Gasteiger partial charge in [0.25, 0.3) is 0 Å². The number of fused-ring (bicyclic) bond motifs is 3. The third-order valence-corrected chi connectivity index (χ3v) is 4.38. The van der Waals surface area contributed by atoms with Gasteiger partial charge in [0.15, 0.2) is 5.78 Å². The first-order valence-corrected chi connectivity index (χ1v) is 8.11. The van der Waals surface area contributed by atoms with Crippen molar-refractivity contribution in [2.45, 2.75) is 6.92 Å². The number of ether oxygens (including phenoxy) is 1. The van der Waals surface area contributed by atoms with Gasteiger partial charge in [0.1, 0.15) is 17.4 Å². The van der Waals surface area contributed by atoms with Gasteiger partial charge in [-0.25, -0.2) is 0 Å². The van der Waals surface area contributed by atoms with Crippen LogP contribution in [0.25, 0.3) is 0 Å². The Bertz CT molecular complexity index is 903. The molecule has 0 saturated heterocycles. The number of nitrogens with one attached hydrogen (secondary N) is 1. The molecular formula is C19H18N4O2. The monoisotopic (exact) mass is 334 g/mol. The number of nitrogens with zero attached hydrogens (tertiary/aromatic N) is 3. The van der Waals surface area contributed by atoms with Crippen LogP contribution in [0.3, 0.4) is 0 Å². The normalized spacial score (nSPS) is 16.8. The number of rotatable bonds is 3. The molecule has 0 unspecified atom stereocenters. The summed E-state index contributed by atoms with van der Waals surface area (Å²) in [4.78, 5) is 23.2. The van der Waals surface area contributed by atoms with Crippen molar-refractivity contribution in [3.05, 3.63) is 65.2 Å². The van der Waals surface area contributed by atoms with Crippen LogP contribution in [0.4, 0.5) is 5.69 Å². The predicted molar refractivity (Wildman–Crippen MR) is 96.1 cm³/mol. The summed E-state index contributed by atoms with van der Waals surface area (Å²) in [5.74, 6) is 2.35. The Morgan fingerprint density at radius 2 is 2.28 bits per heavy atom. The lowest BCUT2D eigenvalue weighted by molar-refractivity contribution is 0.104. The van der Waals surface area contributed by atoms with Gasteiger partial charge in [-0.15, -0.1) is 0 Å². The fourth-order valence-electron chi connectivity index (χ4n) is 3.14. The number of ketones is 1. The molecule has 0 radical (unpaired) electrons. The van der Waals surface area contributed by atoms with E-state index in [2.05, 4.69) is 15.3 Å². The third kappa shape index (κ3) is 2.65. The van der Waals surface area contributed by atoms with Crippen LogP contribution in [0.5, 0.6) is 5.75 Å². The van der Waals surface area contributed by atoms with Crippen molar-refractivity contribution in [1.82, 2.24) is 9.88 Å². The van der Waals surface area contributed by atoms with E-state index in [1.54, 1.807) is 37.7 Å². The number of carbonyl (C=O) groups is 1. The van der Waals surface area contributed by atoms with Crippen LogP contribution in [-0.2, 0) is 0 Å². The Labute approximate surface area is 145 Å². The lowest BCUT2D eigenvalue weighted by atomic mass is 10.0. The minimum atomic E-state index is -0.0875. The molecule has 0 fully saturated rings. The highest BCUT2D eigenvalue weighted by Crippen LogP contribution is 2.34. The molecule has 0 aliphatic carbocycles. The van der Waals surface area contributed by atoms with Crippen LogP contribution in [0.2, 0.25) is 0 Å². The number of aryl methyl sites for hydroxylation is 1. The number of carbonyl (C=O) groups excluding carboxylic acids is 1. The molecule has 25 heavy (non-hydrogen) atoms. The van der Waals surface area contributed by atoms with Gasteiger partial charge in [-0.05, 0) is 36.8 Å². The smallest absolute Gasteiger partial charge is 0.191 e. The zero-order valence-electron chi connectivity index (χ0n) is 14.1. The molecule has 0 saturated carbocycles. The first-order valence-electron chi connectivity index (χ1n) is 8.11. The number of aliphatic imine (C=N–C) groups is 1. The quantitative estimate of drug-likeness (QED) is 0.690. The summed E-state index contributed by atoms with van der Waals surface area (Å²) in [5, 5.41) is 3.37. The Morgan fingerprint density at radius 1 is 1.40 bits per heavy atom. The van der Waals surface area contributed by atoms with E-state index in [4.69, 9.17) is 4.74 Å². The zero-order valence-corrected chi connectivity index (χ0v) is 14.1. The fraction of sp³-hybridized carbons (Fsp3) is 0.211. The lowest BCUT2D eigenvalue weighted by Gasteiger charge is -2.32. The molecule has 0 amide bonds. The van der Waals surface area contributed by atoms with Crippen molar-refractivity contribution in [2.24, 2.45) is 4.99 Å². The maximum atomic E-state index is 12.5. The Morgan fingerprint density at radius 3 is 3.04 bits per heavy atom. The van der Waals surface area contributed by atoms with Gasteiger partial charge in [0.2, 0.25) is 0 Å². The van der Waals surface area contributed by atoms with Crippen molar-refractivity contribution >= 4 is 17.3 Å². The number of aromatic nitrogens is 1. The number of pyridine rings is 1. The second-order valence-electron chi connectivity index (χ2n) is 5.98. The van der Waals surface area contributed by atoms with Gasteiger partial charge < -0.3 is 15.0 Å². The highest BCUT2D eigenvalue weighted by Gasteiger charge is 2.30. The zero-order chi connectivity index (χ0) is 17.4. The van der Waals surface area contributed by atoms with Gasteiger partial charge in [0.05, 0.1) is 19.3 Å². The molecule has 0 spiro atoms. The molecule has 6 heteroatoms. The highest BCUT2D eigenvalue weighted by atomic mass is 16.5. The van der Waals surface area contributed by atoms with E-state index in [0.29, 0.717) is 12.1 Å². The number of benzene rings is 1. The van der Waals surface area contributed by atoms with E-state index < -0.39 is 0 Å². The number of hydrogen-bond donors (Lipinski definition) is 1. The topological polar surface area (TPSA) is 66.8 Å². The summed E-state index contributed by atoms with van der Waals surface area (Å²) in [7, 11) is 1.66. The molecule has 1 aromatic heterocycles. The van der Waals surface area contributed by atoms with Crippen LogP contribution in [0.1, 0.15) is 21.5 Å². The van der Waals surface area contributed by atoms with Crippen molar-refractivity contribution in [3.63, 3.8) is 0 Å². The summed E-state index contributed by atoms with van der Waals surface area (Å²) < 4.78 is 5.43. The molecule has 1 N–H and O–H groups in total. The van der Waals surface area contributed by atoms with Crippen LogP contribution >= 0.6 is 0 Å². The molecule has 2 aliphatic heterocycles. The molecule has 0 atom stereocenters. The summed E-state index contributed by atoms with van der Waals surface area (Å²) in [6.07, 6.45) is 4.84. The molecule has 2 aromatic rings. The third-order valence-electron chi connectivity index (χ3n) is 4.38.